The standard InChI is InChI=1S/C18H20O2/c1-13-8-9-16-15-7-5-4-6-14(15)10-17(16)18(13,11-19-2)12-20-3/h4-10H,11-12H2,1-3H3. The molecule has 1 aromatic carbocycles. The largest absolute Gasteiger partial charge is 0.383 e. The van der Waals surface area contributed by atoms with Crippen LogP contribution in [0.25, 0.3) is 11.6 Å². The molecule has 2 aliphatic carbocycles. The molecule has 0 saturated carbocycles. The molecule has 0 heterocycles. The molecule has 0 bridgehead atoms. The zero-order valence-electron chi connectivity index (χ0n) is 12.3. The molecule has 0 amide bonds. The Bertz CT molecular complexity index is 614. The SMILES string of the molecule is COCC1(COC)C(C)=CC=C2C1=Cc1ccccc12. The van der Waals surface area contributed by atoms with E-state index in [0.29, 0.717) is 13.2 Å². The van der Waals surface area contributed by atoms with Gasteiger partial charge in [0, 0.05) is 14.2 Å². The van der Waals surface area contributed by atoms with E-state index in [0.717, 1.165) is 0 Å². The lowest BCUT2D eigenvalue weighted by Gasteiger charge is -2.38. The number of hydrogen-bond donors (Lipinski definition) is 0. The van der Waals surface area contributed by atoms with Gasteiger partial charge >= 0.3 is 0 Å². The van der Waals surface area contributed by atoms with Crippen molar-refractivity contribution in [2.75, 3.05) is 27.4 Å². The first-order chi connectivity index (χ1) is 9.73. The normalized spacial score (nSPS) is 18.9. The maximum atomic E-state index is 5.53. The van der Waals surface area contributed by atoms with Gasteiger partial charge in [-0.1, -0.05) is 42.0 Å². The Balaban J connectivity index is 2.15. The first kappa shape index (κ1) is 13.3. The van der Waals surface area contributed by atoms with Crippen molar-refractivity contribution < 1.29 is 9.47 Å². The van der Waals surface area contributed by atoms with Crippen molar-refractivity contribution in [3.8, 4) is 0 Å². The van der Waals surface area contributed by atoms with Crippen LogP contribution in [-0.2, 0) is 9.47 Å². The van der Waals surface area contributed by atoms with Gasteiger partial charge in [-0.15, -0.1) is 0 Å². The van der Waals surface area contributed by atoms with Crippen LogP contribution in [-0.4, -0.2) is 27.4 Å². The predicted octanol–water partition coefficient (Wildman–Crippen LogP) is 3.71. The van der Waals surface area contributed by atoms with Gasteiger partial charge in [0.25, 0.3) is 0 Å². The number of fused-ring (bicyclic) bond motifs is 3. The van der Waals surface area contributed by atoms with Crippen molar-refractivity contribution in [3.63, 3.8) is 0 Å². The highest BCUT2D eigenvalue weighted by Gasteiger charge is 2.42. The fourth-order valence-corrected chi connectivity index (χ4v) is 3.32. The monoisotopic (exact) mass is 268 g/mol. The lowest BCUT2D eigenvalue weighted by atomic mass is 9.70. The first-order valence-electron chi connectivity index (χ1n) is 6.92. The summed E-state index contributed by atoms with van der Waals surface area (Å²) >= 11 is 0. The van der Waals surface area contributed by atoms with Crippen molar-refractivity contribution in [2.24, 2.45) is 5.41 Å². The minimum atomic E-state index is -0.174. The Morgan fingerprint density at radius 2 is 1.70 bits per heavy atom. The van der Waals surface area contributed by atoms with E-state index in [1.807, 2.05) is 0 Å². The van der Waals surface area contributed by atoms with Gasteiger partial charge in [0.05, 0.1) is 18.6 Å². The highest BCUT2D eigenvalue weighted by molar-refractivity contribution is 5.97. The van der Waals surface area contributed by atoms with Crippen LogP contribution in [0.1, 0.15) is 18.1 Å². The molecule has 2 aliphatic rings. The van der Waals surface area contributed by atoms with E-state index in [1.54, 1.807) is 14.2 Å². The molecule has 3 rings (SSSR count). The molecular weight excluding hydrogens is 248 g/mol. The molecule has 0 aromatic heterocycles. The third-order valence-corrected chi connectivity index (χ3v) is 4.39. The molecular formula is C18H20O2. The summed E-state index contributed by atoms with van der Waals surface area (Å²) < 4.78 is 11.1. The lowest BCUT2D eigenvalue weighted by molar-refractivity contribution is 0.0576. The van der Waals surface area contributed by atoms with E-state index in [1.165, 1.54) is 27.8 Å². The molecule has 0 N–H and O–H groups in total. The number of allylic oxidation sites excluding steroid dienone is 3. The summed E-state index contributed by atoms with van der Waals surface area (Å²) in [6.45, 7) is 3.44. The number of benzene rings is 1. The Kier molecular flexibility index (Phi) is 3.36. The Hall–Kier alpha value is -1.64. The van der Waals surface area contributed by atoms with Gasteiger partial charge in [-0.2, -0.15) is 0 Å². The summed E-state index contributed by atoms with van der Waals surface area (Å²) in [6, 6.07) is 8.53. The van der Waals surface area contributed by atoms with Gasteiger partial charge in [0.1, 0.15) is 0 Å². The quantitative estimate of drug-likeness (QED) is 0.829. The van der Waals surface area contributed by atoms with Crippen LogP contribution in [0.5, 0.6) is 0 Å². The van der Waals surface area contributed by atoms with Gasteiger partial charge in [-0.05, 0) is 35.3 Å². The molecule has 0 atom stereocenters. The Morgan fingerprint density at radius 1 is 1.00 bits per heavy atom. The van der Waals surface area contributed by atoms with E-state index in [-0.39, 0.29) is 5.41 Å². The maximum absolute atomic E-state index is 5.53. The topological polar surface area (TPSA) is 18.5 Å². The summed E-state index contributed by atoms with van der Waals surface area (Å²) in [5.41, 5.74) is 6.34. The van der Waals surface area contributed by atoms with Crippen LogP contribution in [0.15, 0.2) is 47.6 Å². The van der Waals surface area contributed by atoms with Crippen molar-refractivity contribution in [2.45, 2.75) is 6.92 Å². The highest BCUT2D eigenvalue weighted by atomic mass is 16.5. The van der Waals surface area contributed by atoms with Gasteiger partial charge in [0.2, 0.25) is 0 Å². The number of ether oxygens (including phenoxy) is 2. The predicted molar refractivity (Wildman–Crippen MR) is 82.3 cm³/mol. The number of rotatable bonds is 4. The molecule has 20 heavy (non-hydrogen) atoms. The first-order valence-corrected chi connectivity index (χ1v) is 6.92. The van der Waals surface area contributed by atoms with E-state index < -0.39 is 0 Å². The lowest BCUT2D eigenvalue weighted by Crippen LogP contribution is -2.36. The second-order valence-electron chi connectivity index (χ2n) is 5.52. The fraction of sp³-hybridized carbons (Fsp3) is 0.333. The minimum absolute atomic E-state index is 0.174. The van der Waals surface area contributed by atoms with Gasteiger partial charge in [-0.25, -0.2) is 0 Å². The summed E-state index contributed by atoms with van der Waals surface area (Å²) in [6.07, 6.45) is 6.71. The van der Waals surface area contributed by atoms with Crippen LogP contribution >= 0.6 is 0 Å². The van der Waals surface area contributed by atoms with Crippen molar-refractivity contribution in [3.05, 3.63) is 58.7 Å². The molecule has 0 radical (unpaired) electrons. The minimum Gasteiger partial charge on any atom is -0.383 e. The van der Waals surface area contributed by atoms with Gasteiger partial charge in [-0.3, -0.25) is 0 Å². The summed E-state index contributed by atoms with van der Waals surface area (Å²) in [5, 5.41) is 0. The molecule has 0 unspecified atom stereocenters. The van der Waals surface area contributed by atoms with Crippen molar-refractivity contribution >= 4 is 11.6 Å². The molecule has 0 fully saturated rings. The molecule has 2 heteroatoms. The molecule has 0 saturated heterocycles. The Labute approximate surface area is 120 Å². The summed E-state index contributed by atoms with van der Waals surface area (Å²) in [7, 11) is 3.51. The number of methoxy groups -OCH3 is 2. The zero-order chi connectivity index (χ0) is 14.2. The van der Waals surface area contributed by atoms with E-state index in [4.69, 9.17) is 9.47 Å². The van der Waals surface area contributed by atoms with Gasteiger partial charge in [0.15, 0.2) is 0 Å². The van der Waals surface area contributed by atoms with E-state index in [2.05, 4.69) is 49.4 Å². The van der Waals surface area contributed by atoms with E-state index in [9.17, 15) is 0 Å². The third kappa shape index (κ3) is 1.80. The van der Waals surface area contributed by atoms with Crippen LogP contribution in [0.3, 0.4) is 0 Å². The van der Waals surface area contributed by atoms with Gasteiger partial charge < -0.3 is 9.47 Å². The second kappa shape index (κ2) is 5.04. The average molecular weight is 268 g/mol. The fourth-order valence-electron chi connectivity index (χ4n) is 3.32. The van der Waals surface area contributed by atoms with Crippen LogP contribution < -0.4 is 0 Å². The molecule has 1 aromatic rings. The third-order valence-electron chi connectivity index (χ3n) is 4.39. The van der Waals surface area contributed by atoms with Crippen molar-refractivity contribution in [1.29, 1.82) is 0 Å². The smallest absolute Gasteiger partial charge is 0.0635 e. The van der Waals surface area contributed by atoms with Crippen LogP contribution in [0.2, 0.25) is 0 Å². The molecule has 104 valence electrons. The Morgan fingerprint density at radius 3 is 2.40 bits per heavy atom. The maximum Gasteiger partial charge on any atom is 0.0635 e. The van der Waals surface area contributed by atoms with Crippen LogP contribution in [0, 0.1) is 5.41 Å². The highest BCUT2D eigenvalue weighted by Crippen LogP contribution is 2.51. The summed E-state index contributed by atoms with van der Waals surface area (Å²) in [4.78, 5) is 0. The molecule has 0 aliphatic heterocycles. The summed E-state index contributed by atoms with van der Waals surface area (Å²) in [5.74, 6) is 0. The average Bonchev–Trinajstić information content (AvgIpc) is 2.83. The van der Waals surface area contributed by atoms with Crippen LogP contribution in [0.4, 0.5) is 0 Å². The second-order valence-corrected chi connectivity index (χ2v) is 5.52. The van der Waals surface area contributed by atoms with Crippen molar-refractivity contribution in [1.82, 2.24) is 0 Å². The molecule has 0 spiro atoms. The zero-order valence-corrected chi connectivity index (χ0v) is 12.3. The molecule has 2 nitrogen and oxygen atoms in total. The van der Waals surface area contributed by atoms with E-state index >= 15 is 0 Å². The number of hydrogen-bond acceptors (Lipinski definition) is 2.